The fourth-order valence-electron chi connectivity index (χ4n) is 2.40. The molecule has 2 aromatic heterocycles. The zero-order valence-electron chi connectivity index (χ0n) is 14.6. The summed E-state index contributed by atoms with van der Waals surface area (Å²) in [5.74, 6) is -2.78. The molecule has 1 atom stereocenters. The molecule has 0 saturated heterocycles. The van der Waals surface area contributed by atoms with Crippen LogP contribution in [0.15, 0.2) is 64.2 Å². The van der Waals surface area contributed by atoms with E-state index in [-0.39, 0.29) is 17.7 Å². The van der Waals surface area contributed by atoms with Gasteiger partial charge in [0, 0.05) is 25.9 Å². The lowest BCUT2D eigenvalue weighted by Crippen LogP contribution is -2.48. The minimum Gasteiger partial charge on any atom is -0.472 e. The Morgan fingerprint density at radius 1 is 1.33 bits per heavy atom. The van der Waals surface area contributed by atoms with Gasteiger partial charge < -0.3 is 21.2 Å². The number of pyridine rings is 1. The van der Waals surface area contributed by atoms with E-state index >= 15 is 0 Å². The number of nitrogens with two attached hydrogens (primary N) is 2. The Kier molecular flexibility index (Phi) is 6.59. The monoisotopic (exact) mass is 369 g/mol. The number of nitrogens with one attached hydrogen (secondary N) is 1. The maximum absolute atomic E-state index is 12.7. The van der Waals surface area contributed by atoms with Crippen molar-refractivity contribution in [2.24, 2.45) is 16.5 Å². The molecule has 1 unspecified atom stereocenters. The molecule has 2 heterocycles. The van der Waals surface area contributed by atoms with Crippen LogP contribution in [0.25, 0.3) is 0 Å². The van der Waals surface area contributed by atoms with E-state index in [0.29, 0.717) is 11.3 Å². The highest BCUT2D eigenvalue weighted by molar-refractivity contribution is 6.38. The molecule has 0 saturated carbocycles. The number of nitrogens with zero attached hydrogens (tertiary/aromatic N) is 2. The van der Waals surface area contributed by atoms with Crippen molar-refractivity contribution >= 4 is 23.3 Å². The van der Waals surface area contributed by atoms with Gasteiger partial charge in [-0.2, -0.15) is 0 Å². The van der Waals surface area contributed by atoms with E-state index in [1.54, 1.807) is 30.5 Å². The summed E-state index contributed by atoms with van der Waals surface area (Å²) in [6, 6.07) is 5.55. The van der Waals surface area contributed by atoms with Gasteiger partial charge in [0.15, 0.2) is 0 Å². The van der Waals surface area contributed by atoms with E-state index < -0.39 is 23.6 Å². The number of amides is 2. The quantitative estimate of drug-likeness (QED) is 0.330. The van der Waals surface area contributed by atoms with Crippen molar-refractivity contribution in [1.29, 1.82) is 0 Å². The normalized spacial score (nSPS) is 13.1. The highest BCUT2D eigenvalue weighted by Crippen LogP contribution is 2.10. The molecule has 9 heteroatoms. The molecule has 2 rings (SSSR count). The maximum Gasteiger partial charge on any atom is 0.287 e. The summed E-state index contributed by atoms with van der Waals surface area (Å²) in [6.07, 6.45) is 5.46. The van der Waals surface area contributed by atoms with Gasteiger partial charge in [0.05, 0.1) is 29.5 Å². The summed E-state index contributed by atoms with van der Waals surface area (Å²) < 4.78 is 4.94. The number of aromatic nitrogens is 1. The van der Waals surface area contributed by atoms with Gasteiger partial charge in [0.2, 0.25) is 5.78 Å². The summed E-state index contributed by atoms with van der Waals surface area (Å²) in [5, 5.41) is 2.48. The third-order valence-corrected chi connectivity index (χ3v) is 3.68. The van der Waals surface area contributed by atoms with Crippen LogP contribution in [0.1, 0.15) is 11.3 Å². The molecule has 0 aliphatic carbocycles. The first-order valence-corrected chi connectivity index (χ1v) is 7.94. The minimum absolute atomic E-state index is 0.00524. The van der Waals surface area contributed by atoms with Crippen LogP contribution in [0.4, 0.5) is 0 Å². The summed E-state index contributed by atoms with van der Waals surface area (Å²) in [7, 11) is 1.48. The van der Waals surface area contributed by atoms with Crippen molar-refractivity contribution < 1.29 is 18.8 Å². The molecule has 9 nitrogen and oxygen atoms in total. The fraction of sp³-hybridized carbons (Fsp3) is 0.167. The van der Waals surface area contributed by atoms with Gasteiger partial charge in [-0.25, -0.2) is 0 Å². The Bertz CT molecular complexity index is 872. The molecule has 140 valence electrons. The lowest BCUT2D eigenvalue weighted by molar-refractivity contribution is -0.138. The van der Waals surface area contributed by atoms with Crippen LogP contribution >= 0.6 is 0 Å². The first-order valence-electron chi connectivity index (χ1n) is 7.94. The van der Waals surface area contributed by atoms with E-state index in [1.807, 2.05) is 0 Å². The molecule has 2 amide bonds. The number of primary amides is 1. The molecule has 5 N–H and O–H groups in total. The standard InChI is InChI=1S/C18H19N5O4/c1-21-15(13-4-2-3-6-22-13)12(9-19)18(26)23-14(16(24)17(20)25)8-11-5-7-27-10-11/h2-7,9-10,14H,8,19H2,1H3,(H2,20,25)(H,23,26)/b12-9+,21-15?. The molecular formula is C18H19N5O4. The predicted octanol–water partition coefficient (Wildman–Crippen LogP) is -0.282. The molecule has 0 aromatic carbocycles. The van der Waals surface area contributed by atoms with Crippen LogP contribution in [0.5, 0.6) is 0 Å². The van der Waals surface area contributed by atoms with Crippen molar-refractivity contribution in [3.8, 4) is 0 Å². The first kappa shape index (κ1) is 19.6. The van der Waals surface area contributed by atoms with Crippen molar-refractivity contribution in [3.63, 3.8) is 0 Å². The zero-order chi connectivity index (χ0) is 19.8. The number of hydrogen-bond donors (Lipinski definition) is 3. The van der Waals surface area contributed by atoms with E-state index in [9.17, 15) is 14.4 Å². The van der Waals surface area contributed by atoms with Crippen molar-refractivity contribution in [2.75, 3.05) is 7.05 Å². The number of carbonyl (C=O) groups is 3. The Morgan fingerprint density at radius 3 is 2.63 bits per heavy atom. The van der Waals surface area contributed by atoms with Gasteiger partial charge in [0.1, 0.15) is 6.04 Å². The van der Waals surface area contributed by atoms with Crippen LogP contribution in [-0.2, 0) is 20.8 Å². The summed E-state index contributed by atoms with van der Waals surface area (Å²) >= 11 is 0. The second-order valence-electron chi connectivity index (χ2n) is 5.46. The average Bonchev–Trinajstić information content (AvgIpc) is 3.18. The van der Waals surface area contributed by atoms with Crippen molar-refractivity contribution in [3.05, 3.63) is 66.0 Å². The second kappa shape index (κ2) is 9.09. The van der Waals surface area contributed by atoms with Crippen LogP contribution in [0, 0.1) is 0 Å². The van der Waals surface area contributed by atoms with Crippen molar-refractivity contribution in [1.82, 2.24) is 10.3 Å². The number of hydrogen-bond acceptors (Lipinski definition) is 7. The van der Waals surface area contributed by atoms with E-state index in [4.69, 9.17) is 15.9 Å². The number of rotatable bonds is 8. The van der Waals surface area contributed by atoms with Crippen LogP contribution in [0.3, 0.4) is 0 Å². The zero-order valence-corrected chi connectivity index (χ0v) is 14.6. The van der Waals surface area contributed by atoms with Gasteiger partial charge in [-0.1, -0.05) is 6.07 Å². The van der Waals surface area contributed by atoms with Crippen LogP contribution in [0.2, 0.25) is 0 Å². The Labute approximate surface area is 155 Å². The lowest BCUT2D eigenvalue weighted by atomic mass is 10.0. The van der Waals surface area contributed by atoms with Crippen molar-refractivity contribution in [2.45, 2.75) is 12.5 Å². The Hall–Kier alpha value is -3.75. The lowest BCUT2D eigenvalue weighted by Gasteiger charge is -2.17. The molecule has 0 aliphatic rings. The minimum atomic E-state index is -1.18. The molecule has 0 aliphatic heterocycles. The molecule has 0 radical (unpaired) electrons. The Morgan fingerprint density at radius 2 is 2.11 bits per heavy atom. The highest BCUT2D eigenvalue weighted by atomic mass is 16.3. The van der Waals surface area contributed by atoms with Gasteiger partial charge in [0.25, 0.3) is 11.8 Å². The predicted molar refractivity (Wildman–Crippen MR) is 97.5 cm³/mol. The van der Waals surface area contributed by atoms with Gasteiger partial charge in [-0.3, -0.25) is 24.4 Å². The first-order chi connectivity index (χ1) is 13.0. The van der Waals surface area contributed by atoms with Gasteiger partial charge >= 0.3 is 0 Å². The molecule has 2 aromatic rings. The number of ketones is 1. The van der Waals surface area contributed by atoms with Gasteiger partial charge in [-0.05, 0) is 23.8 Å². The summed E-state index contributed by atoms with van der Waals surface area (Å²) in [4.78, 5) is 44.4. The topological polar surface area (TPSA) is 154 Å². The van der Waals surface area contributed by atoms with E-state index in [0.717, 1.165) is 6.20 Å². The van der Waals surface area contributed by atoms with Gasteiger partial charge in [-0.15, -0.1) is 0 Å². The molecule has 0 bridgehead atoms. The van der Waals surface area contributed by atoms with Crippen LogP contribution in [-0.4, -0.2) is 41.4 Å². The highest BCUT2D eigenvalue weighted by Gasteiger charge is 2.28. The third kappa shape index (κ3) is 4.88. The van der Waals surface area contributed by atoms with E-state index in [1.165, 1.54) is 19.6 Å². The SMILES string of the molecule is CN=C(/C(=C\N)C(=O)NC(Cc1ccoc1)C(=O)C(N)=O)c1ccccn1. The molecule has 27 heavy (non-hydrogen) atoms. The number of furan rings is 1. The number of carbonyl (C=O) groups excluding carboxylic acids is 3. The van der Waals surface area contributed by atoms with E-state index in [2.05, 4.69) is 15.3 Å². The number of Topliss-reactive ketones (excluding diaryl/α,β-unsaturated/α-hetero) is 1. The number of aliphatic imine (C=N–C) groups is 1. The summed E-state index contributed by atoms with van der Waals surface area (Å²) in [5.41, 5.74) is 12.0. The maximum atomic E-state index is 12.7. The fourth-order valence-corrected chi connectivity index (χ4v) is 2.40. The Balaban J connectivity index is 2.26. The second-order valence-corrected chi connectivity index (χ2v) is 5.46. The molecule has 0 spiro atoms. The largest absolute Gasteiger partial charge is 0.472 e. The third-order valence-electron chi connectivity index (χ3n) is 3.68. The smallest absolute Gasteiger partial charge is 0.287 e. The molecule has 0 fully saturated rings. The average molecular weight is 369 g/mol. The van der Waals surface area contributed by atoms with Crippen LogP contribution < -0.4 is 16.8 Å². The molecular weight excluding hydrogens is 350 g/mol. The summed E-state index contributed by atoms with van der Waals surface area (Å²) in [6.45, 7) is 0.